The molecule has 1 aromatic carbocycles. The molecule has 20 heavy (non-hydrogen) atoms. The van der Waals surface area contributed by atoms with E-state index in [1.165, 1.54) is 12.1 Å². The lowest BCUT2D eigenvalue weighted by Crippen LogP contribution is -2.35. The lowest BCUT2D eigenvalue weighted by atomic mass is 9.93. The van der Waals surface area contributed by atoms with Crippen molar-refractivity contribution in [2.45, 2.75) is 18.9 Å². The summed E-state index contributed by atoms with van der Waals surface area (Å²) in [7, 11) is 0. The molecule has 0 aliphatic carbocycles. The SMILES string of the molecule is N[C@@H](C[C@@H](Cc1ccc(OC[18F])cc1)C(=O)O)C(=O)O. The number of carboxylic acids is 2. The van der Waals surface area contributed by atoms with Gasteiger partial charge in [0.2, 0.25) is 6.86 Å². The normalized spacial score (nSPS) is 13.5. The molecule has 0 radical (unpaired) electrons. The predicted octanol–water partition coefficient (Wildman–Crippen LogP) is 1.04. The Morgan fingerprint density at radius 1 is 1.20 bits per heavy atom. The summed E-state index contributed by atoms with van der Waals surface area (Å²) in [5, 5.41) is 17.8. The number of carboxylic acid groups (broad SMARTS) is 2. The van der Waals surface area contributed by atoms with Crippen molar-refractivity contribution in [1.82, 2.24) is 0 Å². The molecule has 7 heteroatoms. The van der Waals surface area contributed by atoms with Crippen molar-refractivity contribution in [3.05, 3.63) is 29.8 Å². The summed E-state index contributed by atoms with van der Waals surface area (Å²) in [6.45, 7) is -0.940. The third kappa shape index (κ3) is 4.85. The van der Waals surface area contributed by atoms with Gasteiger partial charge in [-0.1, -0.05) is 12.1 Å². The number of hydrogen-bond donors (Lipinski definition) is 3. The minimum absolute atomic E-state index is 0.145. The van der Waals surface area contributed by atoms with Crippen LogP contribution in [-0.4, -0.2) is 35.1 Å². The van der Waals surface area contributed by atoms with Crippen molar-refractivity contribution in [1.29, 1.82) is 0 Å². The molecule has 1 aromatic rings. The lowest BCUT2D eigenvalue weighted by Gasteiger charge is -2.15. The summed E-state index contributed by atoms with van der Waals surface area (Å²) in [6, 6.07) is 5.03. The summed E-state index contributed by atoms with van der Waals surface area (Å²) < 4.78 is 16.6. The number of hydrogen-bond acceptors (Lipinski definition) is 4. The van der Waals surface area contributed by atoms with Crippen molar-refractivity contribution in [3.63, 3.8) is 0 Å². The summed E-state index contributed by atoms with van der Waals surface area (Å²) in [5.74, 6) is -2.90. The lowest BCUT2D eigenvalue weighted by molar-refractivity contribution is -0.143. The van der Waals surface area contributed by atoms with Crippen LogP contribution in [0.1, 0.15) is 12.0 Å². The highest BCUT2D eigenvalue weighted by molar-refractivity contribution is 5.76. The van der Waals surface area contributed by atoms with E-state index in [1.807, 2.05) is 0 Å². The molecule has 0 spiro atoms. The van der Waals surface area contributed by atoms with E-state index >= 15 is 0 Å². The molecule has 0 fully saturated rings. The largest absolute Gasteiger partial charge is 0.481 e. The number of nitrogens with two attached hydrogens (primary N) is 1. The van der Waals surface area contributed by atoms with Crippen molar-refractivity contribution in [3.8, 4) is 5.75 Å². The highest BCUT2D eigenvalue weighted by Crippen LogP contribution is 2.18. The summed E-state index contributed by atoms with van der Waals surface area (Å²) >= 11 is 0. The molecule has 0 saturated carbocycles. The van der Waals surface area contributed by atoms with Crippen molar-refractivity contribution < 1.29 is 28.9 Å². The van der Waals surface area contributed by atoms with Gasteiger partial charge in [0.1, 0.15) is 11.8 Å². The molecular formula is C13H16FNO5. The monoisotopic (exact) mass is 284 g/mol. The predicted molar refractivity (Wildman–Crippen MR) is 68.1 cm³/mol. The fourth-order valence-electron chi connectivity index (χ4n) is 1.75. The van der Waals surface area contributed by atoms with E-state index in [0.29, 0.717) is 11.3 Å². The van der Waals surface area contributed by atoms with Crippen LogP contribution in [0.15, 0.2) is 24.3 Å². The molecule has 0 amide bonds. The maximum atomic E-state index is 11.9. The first-order valence-corrected chi connectivity index (χ1v) is 5.93. The van der Waals surface area contributed by atoms with Gasteiger partial charge in [-0.05, 0) is 30.5 Å². The molecule has 0 unspecified atom stereocenters. The molecular weight excluding hydrogens is 268 g/mol. The topological polar surface area (TPSA) is 110 Å². The zero-order chi connectivity index (χ0) is 15.1. The molecule has 0 aliphatic heterocycles. The van der Waals surface area contributed by atoms with Crippen LogP contribution in [0.3, 0.4) is 0 Å². The van der Waals surface area contributed by atoms with Gasteiger partial charge in [-0.2, -0.15) is 0 Å². The van der Waals surface area contributed by atoms with Crippen LogP contribution in [0.4, 0.5) is 4.39 Å². The van der Waals surface area contributed by atoms with Gasteiger partial charge >= 0.3 is 11.9 Å². The Labute approximate surface area is 115 Å². The van der Waals surface area contributed by atoms with Gasteiger partial charge < -0.3 is 20.7 Å². The van der Waals surface area contributed by atoms with Gasteiger partial charge in [0, 0.05) is 0 Å². The van der Waals surface area contributed by atoms with Gasteiger partial charge in [0.15, 0.2) is 0 Å². The van der Waals surface area contributed by atoms with Gasteiger partial charge in [0.05, 0.1) is 5.92 Å². The molecule has 0 bridgehead atoms. The van der Waals surface area contributed by atoms with Crippen molar-refractivity contribution in [2.75, 3.05) is 6.86 Å². The summed E-state index contributed by atoms with van der Waals surface area (Å²) in [4.78, 5) is 21.8. The number of aliphatic carboxylic acids is 2. The number of alkyl halides is 1. The number of benzene rings is 1. The standard InChI is InChI=1S/C13H16FNO5/c14-7-20-10-3-1-8(2-4-10)5-9(12(16)17)6-11(15)13(18)19/h1-4,9,11H,5-7,15H2,(H,16,17)(H,18,19)/t9-,11+/m1/s1/i14-1. The Morgan fingerprint density at radius 3 is 2.25 bits per heavy atom. The van der Waals surface area contributed by atoms with Crippen LogP contribution in [-0.2, 0) is 16.0 Å². The van der Waals surface area contributed by atoms with Crippen molar-refractivity contribution in [2.24, 2.45) is 11.7 Å². The van der Waals surface area contributed by atoms with Crippen LogP contribution in [0.25, 0.3) is 0 Å². The minimum atomic E-state index is -1.23. The number of ether oxygens (including phenoxy) is 1. The first-order valence-electron chi connectivity index (χ1n) is 5.93. The number of rotatable bonds is 8. The first kappa shape index (κ1) is 15.9. The average molecular weight is 284 g/mol. The molecule has 110 valence electrons. The van der Waals surface area contributed by atoms with Gasteiger partial charge in [-0.3, -0.25) is 9.59 Å². The minimum Gasteiger partial charge on any atom is -0.481 e. The molecule has 0 saturated heterocycles. The van der Waals surface area contributed by atoms with Crippen LogP contribution in [0, 0.1) is 5.92 Å². The highest BCUT2D eigenvalue weighted by Gasteiger charge is 2.24. The molecule has 0 aliphatic rings. The summed E-state index contributed by atoms with van der Waals surface area (Å²) in [6.07, 6.45) is -0.0143. The van der Waals surface area contributed by atoms with E-state index in [9.17, 15) is 14.0 Å². The summed E-state index contributed by atoms with van der Waals surface area (Å²) in [5.41, 5.74) is 6.03. The molecule has 0 aromatic heterocycles. The van der Waals surface area contributed by atoms with E-state index in [1.54, 1.807) is 12.1 Å². The van der Waals surface area contributed by atoms with Gasteiger partial charge in [0.25, 0.3) is 0 Å². The fourth-order valence-corrected chi connectivity index (χ4v) is 1.75. The maximum Gasteiger partial charge on any atom is 0.320 e. The second-order valence-electron chi connectivity index (χ2n) is 4.32. The molecule has 6 nitrogen and oxygen atoms in total. The second kappa shape index (κ2) is 7.44. The molecule has 0 heterocycles. The Hall–Kier alpha value is -2.15. The Balaban J connectivity index is 2.70. The van der Waals surface area contributed by atoms with E-state index in [4.69, 9.17) is 15.9 Å². The van der Waals surface area contributed by atoms with E-state index < -0.39 is 30.8 Å². The third-order valence-corrected chi connectivity index (χ3v) is 2.83. The van der Waals surface area contributed by atoms with Crippen LogP contribution in [0.2, 0.25) is 0 Å². The van der Waals surface area contributed by atoms with E-state index in [-0.39, 0.29) is 12.8 Å². The Bertz CT molecular complexity index is 462. The number of carbonyl (C=O) groups is 2. The molecule has 2 atom stereocenters. The van der Waals surface area contributed by atoms with E-state index in [2.05, 4.69) is 4.74 Å². The quantitative estimate of drug-likeness (QED) is 0.658. The zero-order valence-electron chi connectivity index (χ0n) is 10.7. The number of halogens is 1. The van der Waals surface area contributed by atoms with Crippen LogP contribution < -0.4 is 10.5 Å². The average Bonchev–Trinajstić information content (AvgIpc) is 2.40. The Kier molecular flexibility index (Phi) is 5.92. The first-order chi connectivity index (χ1) is 9.43. The smallest absolute Gasteiger partial charge is 0.320 e. The fraction of sp³-hybridized carbons (Fsp3) is 0.385. The highest BCUT2D eigenvalue weighted by atomic mass is 18.2. The zero-order valence-corrected chi connectivity index (χ0v) is 10.7. The van der Waals surface area contributed by atoms with Crippen LogP contribution >= 0.6 is 0 Å². The Morgan fingerprint density at radius 2 is 1.80 bits per heavy atom. The van der Waals surface area contributed by atoms with Crippen molar-refractivity contribution >= 4 is 11.9 Å². The van der Waals surface area contributed by atoms with Gasteiger partial charge in [-0.25, -0.2) is 4.39 Å². The van der Waals surface area contributed by atoms with Gasteiger partial charge in [-0.15, -0.1) is 0 Å². The second-order valence-corrected chi connectivity index (χ2v) is 4.32. The third-order valence-electron chi connectivity index (χ3n) is 2.83. The molecule has 1 rings (SSSR count). The molecule has 4 N–H and O–H groups in total. The van der Waals surface area contributed by atoms with E-state index in [0.717, 1.165) is 0 Å². The van der Waals surface area contributed by atoms with Crippen LogP contribution in [0.5, 0.6) is 5.75 Å². The maximum absolute atomic E-state index is 11.9.